The van der Waals surface area contributed by atoms with Gasteiger partial charge in [0.25, 0.3) is 0 Å². The number of hydrogen-bond donors (Lipinski definition) is 1. The Labute approximate surface area is 144 Å². The molecule has 130 valence electrons. The smallest absolute Gasteiger partial charge is 0.121 e. The zero-order valence-corrected chi connectivity index (χ0v) is 14.6. The summed E-state index contributed by atoms with van der Waals surface area (Å²) in [6.45, 7) is 7.51. The maximum atomic E-state index is 5.65. The molecular weight excluding hydrogens is 302 g/mol. The predicted octanol–water partition coefficient (Wildman–Crippen LogP) is 4.50. The van der Waals surface area contributed by atoms with Crippen LogP contribution in [-0.4, -0.2) is 26.4 Å². The van der Waals surface area contributed by atoms with Gasteiger partial charge in [-0.15, -0.1) is 0 Å². The van der Waals surface area contributed by atoms with Crippen molar-refractivity contribution < 1.29 is 14.2 Å². The maximum absolute atomic E-state index is 5.65. The van der Waals surface area contributed by atoms with Crippen LogP contribution in [0.25, 0.3) is 0 Å². The SMILES string of the molecule is CCCOc1cccc(NCc2ccc(OCCOCC)cc2)c1. The number of nitrogens with one attached hydrogen (secondary N) is 1. The third-order valence-corrected chi connectivity index (χ3v) is 3.43. The predicted molar refractivity (Wildman–Crippen MR) is 98.0 cm³/mol. The normalized spacial score (nSPS) is 10.4. The standard InChI is InChI=1S/C20H27NO3/c1-3-12-23-20-7-5-6-18(15-20)21-16-17-8-10-19(11-9-17)24-14-13-22-4-2/h5-11,15,21H,3-4,12-14,16H2,1-2H3. The summed E-state index contributed by atoms with van der Waals surface area (Å²) in [6.07, 6.45) is 1.01. The number of hydrogen-bond acceptors (Lipinski definition) is 4. The van der Waals surface area contributed by atoms with E-state index in [-0.39, 0.29) is 0 Å². The molecular formula is C20H27NO3. The molecule has 0 spiro atoms. The molecule has 4 nitrogen and oxygen atoms in total. The molecule has 2 aromatic carbocycles. The Bertz CT molecular complexity index is 584. The fraction of sp³-hybridized carbons (Fsp3) is 0.400. The first-order valence-corrected chi connectivity index (χ1v) is 8.58. The minimum Gasteiger partial charge on any atom is -0.494 e. The van der Waals surface area contributed by atoms with E-state index in [0.29, 0.717) is 13.2 Å². The van der Waals surface area contributed by atoms with E-state index < -0.39 is 0 Å². The van der Waals surface area contributed by atoms with Gasteiger partial charge in [-0.05, 0) is 43.2 Å². The van der Waals surface area contributed by atoms with Crippen molar-refractivity contribution in [1.29, 1.82) is 0 Å². The van der Waals surface area contributed by atoms with Crippen LogP contribution in [0.1, 0.15) is 25.8 Å². The van der Waals surface area contributed by atoms with Crippen LogP contribution in [0, 0.1) is 0 Å². The van der Waals surface area contributed by atoms with Crippen LogP contribution >= 0.6 is 0 Å². The molecule has 4 heteroatoms. The fourth-order valence-electron chi connectivity index (χ4n) is 2.19. The second-order valence-electron chi connectivity index (χ2n) is 5.42. The monoisotopic (exact) mass is 329 g/mol. The molecule has 24 heavy (non-hydrogen) atoms. The molecule has 0 aromatic heterocycles. The lowest BCUT2D eigenvalue weighted by molar-refractivity contribution is 0.110. The van der Waals surface area contributed by atoms with Crippen molar-refractivity contribution in [3.05, 3.63) is 54.1 Å². The lowest BCUT2D eigenvalue weighted by atomic mass is 10.2. The van der Waals surface area contributed by atoms with E-state index >= 15 is 0 Å². The summed E-state index contributed by atoms with van der Waals surface area (Å²) in [6, 6.07) is 16.2. The molecule has 0 radical (unpaired) electrons. The van der Waals surface area contributed by atoms with Gasteiger partial charge in [-0.3, -0.25) is 0 Å². The molecule has 2 rings (SSSR count). The van der Waals surface area contributed by atoms with E-state index in [2.05, 4.69) is 24.4 Å². The second-order valence-corrected chi connectivity index (χ2v) is 5.42. The van der Waals surface area contributed by atoms with Crippen molar-refractivity contribution in [2.45, 2.75) is 26.8 Å². The Kier molecular flexibility index (Phi) is 7.98. The van der Waals surface area contributed by atoms with Crippen LogP contribution in [0.2, 0.25) is 0 Å². The molecule has 0 aliphatic rings. The second kappa shape index (κ2) is 10.6. The van der Waals surface area contributed by atoms with Gasteiger partial charge >= 0.3 is 0 Å². The van der Waals surface area contributed by atoms with Crippen LogP contribution in [0.5, 0.6) is 11.5 Å². The molecule has 0 aliphatic heterocycles. The molecule has 0 atom stereocenters. The Morgan fingerprint density at radius 1 is 0.833 bits per heavy atom. The van der Waals surface area contributed by atoms with Crippen LogP contribution in [0.3, 0.4) is 0 Å². The highest BCUT2D eigenvalue weighted by Crippen LogP contribution is 2.19. The minimum absolute atomic E-state index is 0.579. The minimum atomic E-state index is 0.579. The zero-order valence-electron chi connectivity index (χ0n) is 14.6. The molecule has 0 fully saturated rings. The lowest BCUT2D eigenvalue weighted by Crippen LogP contribution is -2.06. The Balaban J connectivity index is 1.79. The maximum Gasteiger partial charge on any atom is 0.121 e. The summed E-state index contributed by atoms with van der Waals surface area (Å²) in [4.78, 5) is 0. The highest BCUT2D eigenvalue weighted by molar-refractivity contribution is 5.48. The van der Waals surface area contributed by atoms with Crippen LogP contribution in [0.4, 0.5) is 5.69 Å². The summed E-state index contributed by atoms with van der Waals surface area (Å²) in [5.74, 6) is 1.77. The summed E-state index contributed by atoms with van der Waals surface area (Å²) in [7, 11) is 0. The Morgan fingerprint density at radius 3 is 2.38 bits per heavy atom. The third-order valence-electron chi connectivity index (χ3n) is 3.43. The third kappa shape index (κ3) is 6.50. The van der Waals surface area contributed by atoms with Crippen LogP contribution < -0.4 is 14.8 Å². The summed E-state index contributed by atoms with van der Waals surface area (Å²) >= 11 is 0. The van der Waals surface area contributed by atoms with Crippen molar-refractivity contribution in [3.63, 3.8) is 0 Å². The largest absolute Gasteiger partial charge is 0.494 e. The van der Waals surface area contributed by atoms with Gasteiger partial charge in [0.2, 0.25) is 0 Å². The van der Waals surface area contributed by atoms with Crippen LogP contribution in [-0.2, 0) is 11.3 Å². The van der Waals surface area contributed by atoms with Gasteiger partial charge in [0.05, 0.1) is 13.2 Å². The van der Waals surface area contributed by atoms with Gasteiger partial charge in [-0.25, -0.2) is 0 Å². The first-order chi connectivity index (χ1) is 11.8. The number of ether oxygens (including phenoxy) is 3. The highest BCUT2D eigenvalue weighted by Gasteiger charge is 1.99. The summed E-state index contributed by atoms with van der Waals surface area (Å²) in [5.41, 5.74) is 2.26. The van der Waals surface area contributed by atoms with Gasteiger partial charge in [-0.1, -0.05) is 25.1 Å². The Hall–Kier alpha value is -2.20. The molecule has 0 aliphatic carbocycles. The average molecular weight is 329 g/mol. The van der Waals surface area contributed by atoms with Crippen LogP contribution in [0.15, 0.2) is 48.5 Å². The number of benzene rings is 2. The molecule has 0 saturated heterocycles. The van der Waals surface area contributed by atoms with E-state index in [0.717, 1.165) is 43.4 Å². The molecule has 0 unspecified atom stereocenters. The number of anilines is 1. The van der Waals surface area contributed by atoms with E-state index in [1.54, 1.807) is 0 Å². The first-order valence-electron chi connectivity index (χ1n) is 8.58. The summed E-state index contributed by atoms with van der Waals surface area (Å²) < 4.78 is 16.5. The van der Waals surface area contributed by atoms with Gasteiger partial charge < -0.3 is 19.5 Å². The summed E-state index contributed by atoms with van der Waals surface area (Å²) in [5, 5.41) is 3.42. The van der Waals surface area contributed by atoms with E-state index in [1.807, 2.05) is 43.3 Å². The Morgan fingerprint density at radius 2 is 1.62 bits per heavy atom. The first kappa shape index (κ1) is 18.1. The molecule has 0 amide bonds. The van der Waals surface area contributed by atoms with E-state index in [9.17, 15) is 0 Å². The van der Waals surface area contributed by atoms with Gasteiger partial charge in [0, 0.05) is 24.9 Å². The zero-order chi connectivity index (χ0) is 17.0. The highest BCUT2D eigenvalue weighted by atomic mass is 16.5. The number of rotatable bonds is 11. The fourth-order valence-corrected chi connectivity index (χ4v) is 2.19. The van der Waals surface area contributed by atoms with Gasteiger partial charge in [0.15, 0.2) is 0 Å². The topological polar surface area (TPSA) is 39.7 Å². The molecule has 0 heterocycles. The van der Waals surface area contributed by atoms with Gasteiger partial charge in [-0.2, -0.15) is 0 Å². The average Bonchev–Trinajstić information content (AvgIpc) is 2.63. The molecule has 1 N–H and O–H groups in total. The molecule has 2 aromatic rings. The quantitative estimate of drug-likeness (QED) is 0.616. The van der Waals surface area contributed by atoms with Crippen molar-refractivity contribution in [3.8, 4) is 11.5 Å². The van der Waals surface area contributed by atoms with E-state index in [1.165, 1.54) is 5.56 Å². The van der Waals surface area contributed by atoms with Crippen molar-refractivity contribution in [2.24, 2.45) is 0 Å². The van der Waals surface area contributed by atoms with Crippen molar-refractivity contribution in [2.75, 3.05) is 31.7 Å². The molecule has 0 saturated carbocycles. The van der Waals surface area contributed by atoms with Crippen molar-refractivity contribution >= 4 is 5.69 Å². The molecule has 0 bridgehead atoms. The van der Waals surface area contributed by atoms with E-state index in [4.69, 9.17) is 14.2 Å². The van der Waals surface area contributed by atoms with Crippen molar-refractivity contribution in [1.82, 2.24) is 0 Å². The lowest BCUT2D eigenvalue weighted by Gasteiger charge is -2.10. The van der Waals surface area contributed by atoms with Gasteiger partial charge in [0.1, 0.15) is 18.1 Å².